The van der Waals surface area contributed by atoms with Crippen LogP contribution in [0.5, 0.6) is 0 Å². The van der Waals surface area contributed by atoms with Crippen molar-refractivity contribution in [3.63, 3.8) is 0 Å². The fourth-order valence-electron chi connectivity index (χ4n) is 1.79. The normalized spacial score (nSPS) is 17.0. The number of carbonyl (C=O) groups is 2. The molecule has 2 saturated heterocycles. The van der Waals surface area contributed by atoms with E-state index in [9.17, 15) is 9.59 Å². The molecular formula is C16H39N3O3. The van der Waals surface area contributed by atoms with Crippen LogP contribution >= 0.6 is 0 Å². The maximum atomic E-state index is 11.0. The second-order valence-corrected chi connectivity index (χ2v) is 4.56. The number of nitrogens with two attached hydrogens (primary N) is 1. The number of amides is 2. The predicted octanol–water partition coefficient (Wildman–Crippen LogP) is 2.75. The third-order valence-corrected chi connectivity index (χ3v) is 2.79. The van der Waals surface area contributed by atoms with Crippen LogP contribution in [0.3, 0.4) is 0 Å². The minimum absolute atomic E-state index is 0. The van der Waals surface area contributed by atoms with E-state index in [1.54, 1.807) is 0 Å². The lowest BCUT2D eigenvalue weighted by atomic mass is 10.1. The summed E-state index contributed by atoms with van der Waals surface area (Å²) in [4.78, 5) is 23.2. The Bertz CT molecular complexity index is 264. The fourth-order valence-corrected chi connectivity index (χ4v) is 1.79. The summed E-state index contributed by atoms with van der Waals surface area (Å²) in [6.45, 7) is 12.9. The zero-order chi connectivity index (χ0) is 16.8. The Balaban J connectivity index is -0.000000130. The number of rotatable bonds is 3. The molecule has 0 aromatic rings. The largest absolute Gasteiger partial charge is 0.330 e. The quantitative estimate of drug-likeness (QED) is 0.781. The van der Waals surface area contributed by atoms with Gasteiger partial charge >= 0.3 is 0 Å². The highest BCUT2D eigenvalue weighted by Gasteiger charge is 2.27. The van der Waals surface area contributed by atoms with Gasteiger partial charge in [-0.1, -0.05) is 42.0 Å². The Kier molecular flexibility index (Phi) is 19.3. The Morgan fingerprint density at radius 2 is 1.55 bits per heavy atom. The summed E-state index contributed by atoms with van der Waals surface area (Å²) in [5.74, 6) is 0.613. The molecular weight excluding hydrogens is 282 g/mol. The second-order valence-electron chi connectivity index (χ2n) is 4.56. The molecule has 6 heteroatoms. The molecule has 0 aliphatic carbocycles. The number of imide groups is 1. The van der Waals surface area contributed by atoms with Crippen LogP contribution in [0.4, 0.5) is 0 Å². The molecule has 0 saturated carbocycles. The third kappa shape index (κ3) is 10.7. The van der Waals surface area contributed by atoms with E-state index in [1.807, 2.05) is 27.7 Å². The molecule has 136 valence electrons. The van der Waals surface area contributed by atoms with Crippen LogP contribution in [0, 0.1) is 5.92 Å². The van der Waals surface area contributed by atoms with Gasteiger partial charge < -0.3 is 10.9 Å². The molecule has 0 unspecified atom stereocenters. The van der Waals surface area contributed by atoms with E-state index in [0.29, 0.717) is 32.4 Å². The summed E-state index contributed by atoms with van der Waals surface area (Å²) in [7, 11) is 0. The van der Waals surface area contributed by atoms with Gasteiger partial charge in [-0.25, -0.2) is 0 Å². The summed E-state index contributed by atoms with van der Waals surface area (Å²) in [6, 6.07) is 0. The predicted molar refractivity (Wildman–Crippen MR) is 93.7 cm³/mol. The minimum atomic E-state index is -0.0524. The van der Waals surface area contributed by atoms with Gasteiger partial charge in [-0.15, -0.1) is 0 Å². The molecule has 2 rings (SSSR count). The van der Waals surface area contributed by atoms with Gasteiger partial charge in [0.1, 0.15) is 0 Å². The van der Waals surface area contributed by atoms with Crippen molar-refractivity contribution in [3.8, 4) is 0 Å². The molecule has 2 amide bonds. The van der Waals surface area contributed by atoms with Crippen LogP contribution < -0.4 is 5.73 Å². The van der Waals surface area contributed by atoms with Gasteiger partial charge in [0.2, 0.25) is 11.8 Å². The summed E-state index contributed by atoms with van der Waals surface area (Å²) in [6.07, 6.45) is 1.46. The van der Waals surface area contributed by atoms with Crippen molar-refractivity contribution in [3.05, 3.63) is 0 Å². The maximum absolute atomic E-state index is 11.0. The number of nitrogens with zero attached hydrogens (tertiary/aromatic N) is 2. The molecule has 22 heavy (non-hydrogen) atoms. The molecule has 6 nitrogen and oxygen atoms in total. The smallest absolute Gasteiger partial charge is 0.229 e. The zero-order valence-electron chi connectivity index (χ0n) is 14.3. The Morgan fingerprint density at radius 3 is 1.77 bits per heavy atom. The van der Waals surface area contributed by atoms with Crippen LogP contribution in [0.15, 0.2) is 0 Å². The van der Waals surface area contributed by atoms with Crippen molar-refractivity contribution in [2.45, 2.75) is 61.3 Å². The van der Waals surface area contributed by atoms with Crippen LogP contribution in [0.2, 0.25) is 0 Å². The highest BCUT2D eigenvalue weighted by Crippen LogP contribution is 2.11. The van der Waals surface area contributed by atoms with Crippen LogP contribution in [-0.2, 0) is 9.59 Å². The molecule has 2 fully saturated rings. The monoisotopic (exact) mass is 321 g/mol. The molecule has 2 aliphatic rings. The topological polar surface area (TPSA) is 86.9 Å². The molecule has 0 bridgehead atoms. The first-order valence-corrected chi connectivity index (χ1v) is 8.01. The first kappa shape index (κ1) is 25.9. The van der Waals surface area contributed by atoms with Gasteiger partial charge in [0.25, 0.3) is 0 Å². The van der Waals surface area contributed by atoms with Crippen LogP contribution in [0.25, 0.3) is 0 Å². The van der Waals surface area contributed by atoms with E-state index in [4.69, 9.17) is 10.9 Å². The summed E-state index contributed by atoms with van der Waals surface area (Å²) < 4.78 is 0. The lowest BCUT2D eigenvalue weighted by Gasteiger charge is -2.30. The molecule has 0 aromatic heterocycles. The van der Waals surface area contributed by atoms with Crippen molar-refractivity contribution < 1.29 is 16.2 Å². The number of hydrogen-bond acceptors (Lipinski definition) is 5. The highest BCUT2D eigenvalue weighted by atomic mass is 16.5. The van der Waals surface area contributed by atoms with Crippen molar-refractivity contribution in [2.75, 3.05) is 26.2 Å². The average molecular weight is 322 g/mol. The van der Waals surface area contributed by atoms with E-state index >= 15 is 0 Å². The summed E-state index contributed by atoms with van der Waals surface area (Å²) in [5.41, 5.74) is 5.25. The Hall–Kier alpha value is -0.980. The Morgan fingerprint density at radius 1 is 1.14 bits per heavy atom. The number of hydroxylamine groups is 2. The first-order valence-electron chi connectivity index (χ1n) is 8.01. The van der Waals surface area contributed by atoms with E-state index in [-0.39, 0.29) is 20.7 Å². The van der Waals surface area contributed by atoms with E-state index in [0.717, 1.165) is 19.0 Å². The minimum Gasteiger partial charge on any atom is -0.330 e. The van der Waals surface area contributed by atoms with Gasteiger partial charge in [-0.3, -0.25) is 14.5 Å². The van der Waals surface area contributed by atoms with Crippen molar-refractivity contribution in [1.82, 2.24) is 9.96 Å². The van der Waals surface area contributed by atoms with Gasteiger partial charge in [0, 0.05) is 33.9 Å². The molecule has 0 radical (unpaired) electrons. The molecule has 2 heterocycles. The van der Waals surface area contributed by atoms with Crippen LogP contribution in [0.1, 0.15) is 62.7 Å². The molecule has 0 atom stereocenters. The summed E-state index contributed by atoms with van der Waals surface area (Å²) >= 11 is 0. The van der Waals surface area contributed by atoms with Gasteiger partial charge in [-0.2, -0.15) is 5.06 Å². The van der Waals surface area contributed by atoms with Gasteiger partial charge in [0.05, 0.1) is 0 Å². The number of carbonyl (C=O) groups excluding carboxylic acids is 2. The molecule has 3 N–H and O–H groups in total. The SMILES string of the molecule is C.CC.CC.CC1CN(O)C1.NCCCN1C(=O)CCC1=O.[HH]. The van der Waals surface area contributed by atoms with E-state index in [1.165, 1.54) is 9.96 Å². The van der Waals surface area contributed by atoms with E-state index in [2.05, 4.69) is 6.92 Å². The van der Waals surface area contributed by atoms with Crippen molar-refractivity contribution in [1.29, 1.82) is 0 Å². The van der Waals surface area contributed by atoms with Gasteiger partial charge in [-0.05, 0) is 18.9 Å². The second kappa shape index (κ2) is 16.4. The third-order valence-electron chi connectivity index (χ3n) is 2.79. The Labute approximate surface area is 138 Å². The zero-order valence-corrected chi connectivity index (χ0v) is 14.3. The number of hydrogen-bond donors (Lipinski definition) is 2. The highest BCUT2D eigenvalue weighted by molar-refractivity contribution is 6.01. The van der Waals surface area contributed by atoms with Gasteiger partial charge in [0.15, 0.2) is 0 Å². The van der Waals surface area contributed by atoms with Crippen molar-refractivity contribution in [2.24, 2.45) is 11.7 Å². The lowest BCUT2D eigenvalue weighted by Crippen LogP contribution is -2.42. The maximum Gasteiger partial charge on any atom is 0.229 e. The molecule has 0 spiro atoms. The van der Waals surface area contributed by atoms with E-state index < -0.39 is 0 Å². The van der Waals surface area contributed by atoms with Crippen molar-refractivity contribution >= 4 is 11.8 Å². The standard InChI is InChI=1S/C7H12N2O2.C4H9NO.2C2H6.CH4.H2/c8-4-1-5-9-6(10)2-3-7(9)11;1-4-2-5(6)3-4;2*1-2;;/h1-5,8H2;4,6H,2-3H2,1H3;2*1-2H3;1H4;1H. The molecule has 2 aliphatic heterocycles. The number of likely N-dealkylation sites (tertiary alicyclic amines) is 1. The van der Waals surface area contributed by atoms with Crippen LogP contribution in [-0.4, -0.2) is 53.2 Å². The molecule has 0 aromatic carbocycles. The summed E-state index contributed by atoms with van der Waals surface area (Å²) in [5, 5.41) is 9.78. The first-order chi connectivity index (χ1) is 10.0. The lowest BCUT2D eigenvalue weighted by molar-refractivity contribution is -0.163. The average Bonchev–Trinajstić information content (AvgIpc) is 2.80. The fraction of sp³-hybridized carbons (Fsp3) is 0.875.